The molecule has 0 aliphatic rings. The minimum atomic E-state index is 0.0617. The van der Waals surface area contributed by atoms with Crippen molar-refractivity contribution in [1.29, 1.82) is 0 Å². The van der Waals surface area contributed by atoms with Gasteiger partial charge in [0.2, 0.25) is 0 Å². The van der Waals surface area contributed by atoms with Crippen LogP contribution < -0.4 is 11.3 Å². The predicted octanol–water partition coefficient (Wildman–Crippen LogP) is 4.31. The summed E-state index contributed by atoms with van der Waals surface area (Å²) in [6.45, 7) is 4.25. The van der Waals surface area contributed by atoms with Crippen molar-refractivity contribution in [3.63, 3.8) is 0 Å². The van der Waals surface area contributed by atoms with E-state index in [1.54, 1.807) is 0 Å². The first kappa shape index (κ1) is 15.8. The molecule has 0 aromatic heterocycles. The van der Waals surface area contributed by atoms with E-state index in [0.29, 0.717) is 0 Å². The summed E-state index contributed by atoms with van der Waals surface area (Å²) in [7, 11) is 0. The number of benzene rings is 2. The van der Waals surface area contributed by atoms with Crippen molar-refractivity contribution < 1.29 is 0 Å². The molecule has 0 aliphatic carbocycles. The van der Waals surface area contributed by atoms with E-state index >= 15 is 0 Å². The van der Waals surface area contributed by atoms with Gasteiger partial charge in [0.1, 0.15) is 0 Å². The molecule has 2 rings (SSSR count). The maximum atomic E-state index is 6.19. The number of aryl methyl sites for hydroxylation is 2. The molecule has 0 heterocycles. The van der Waals surface area contributed by atoms with Gasteiger partial charge in [0.05, 0.1) is 11.1 Å². The van der Waals surface area contributed by atoms with Crippen LogP contribution in [-0.4, -0.2) is 0 Å². The summed E-state index contributed by atoms with van der Waals surface area (Å²) < 4.78 is 1.05. The number of hydrogen-bond acceptors (Lipinski definition) is 2. The van der Waals surface area contributed by atoms with Crippen LogP contribution in [0.1, 0.15) is 28.3 Å². The zero-order valence-electron chi connectivity index (χ0n) is 11.6. The molecule has 2 aromatic carbocycles. The molecule has 0 bridgehead atoms. The molecular formula is C16H18ClIN2. The van der Waals surface area contributed by atoms with E-state index in [-0.39, 0.29) is 6.04 Å². The predicted molar refractivity (Wildman–Crippen MR) is 93.9 cm³/mol. The largest absolute Gasteiger partial charge is 0.271 e. The Morgan fingerprint density at radius 2 is 1.90 bits per heavy atom. The van der Waals surface area contributed by atoms with Gasteiger partial charge in [-0.1, -0.05) is 35.9 Å². The lowest BCUT2D eigenvalue weighted by atomic mass is 9.97. The molecule has 0 amide bonds. The number of hydrazine groups is 1. The molecule has 3 N–H and O–H groups in total. The van der Waals surface area contributed by atoms with Crippen molar-refractivity contribution in [3.05, 3.63) is 67.2 Å². The maximum absolute atomic E-state index is 6.19. The van der Waals surface area contributed by atoms with Crippen molar-refractivity contribution in [2.45, 2.75) is 26.3 Å². The summed E-state index contributed by atoms with van der Waals surface area (Å²) in [5, 5.41) is 0.767. The molecule has 1 unspecified atom stereocenters. The van der Waals surface area contributed by atoms with Crippen LogP contribution >= 0.6 is 34.2 Å². The number of nitrogens with two attached hydrogens (primary N) is 1. The Balaban J connectivity index is 2.23. The Morgan fingerprint density at radius 3 is 2.50 bits per heavy atom. The molecule has 1 atom stereocenters. The standard InChI is InChI=1S/C16H18ClIN2/c1-10-3-4-12(7-11(10)2)8-16(20-19)13-5-6-15(18)14(17)9-13/h3-7,9,16,20H,8,19H2,1-2H3. The molecular weight excluding hydrogens is 383 g/mol. The van der Waals surface area contributed by atoms with Crippen LogP contribution in [0.3, 0.4) is 0 Å². The van der Waals surface area contributed by atoms with Crippen molar-refractivity contribution in [1.82, 2.24) is 5.43 Å². The third-order valence-corrected chi connectivity index (χ3v) is 5.13. The zero-order valence-corrected chi connectivity index (χ0v) is 14.5. The number of nitrogens with one attached hydrogen (secondary N) is 1. The number of rotatable bonds is 4. The third kappa shape index (κ3) is 3.73. The quantitative estimate of drug-likeness (QED) is 0.456. The summed E-state index contributed by atoms with van der Waals surface area (Å²) in [5.74, 6) is 5.71. The van der Waals surface area contributed by atoms with Crippen LogP contribution in [0.4, 0.5) is 0 Å². The lowest BCUT2D eigenvalue weighted by Gasteiger charge is -2.18. The Hall–Kier alpha value is -0.620. The highest BCUT2D eigenvalue weighted by Gasteiger charge is 2.12. The molecule has 4 heteroatoms. The van der Waals surface area contributed by atoms with Crippen LogP contribution in [0.25, 0.3) is 0 Å². The Bertz CT molecular complexity index is 613. The van der Waals surface area contributed by atoms with Crippen LogP contribution in [0.5, 0.6) is 0 Å². The highest BCUT2D eigenvalue weighted by atomic mass is 127. The topological polar surface area (TPSA) is 38.0 Å². The molecule has 2 aromatic rings. The van der Waals surface area contributed by atoms with Gasteiger partial charge in [0.15, 0.2) is 0 Å². The summed E-state index contributed by atoms with van der Waals surface area (Å²) >= 11 is 8.41. The molecule has 106 valence electrons. The second kappa shape index (κ2) is 6.89. The summed E-state index contributed by atoms with van der Waals surface area (Å²) in [6, 6.07) is 12.7. The molecule has 20 heavy (non-hydrogen) atoms. The average Bonchev–Trinajstić information content (AvgIpc) is 2.43. The van der Waals surface area contributed by atoms with Crippen LogP contribution in [0.2, 0.25) is 5.02 Å². The maximum Gasteiger partial charge on any atom is 0.0542 e. The van der Waals surface area contributed by atoms with E-state index in [1.807, 2.05) is 12.1 Å². The summed E-state index contributed by atoms with van der Waals surface area (Å²) in [4.78, 5) is 0. The summed E-state index contributed by atoms with van der Waals surface area (Å²) in [5.41, 5.74) is 7.88. The number of hydrogen-bond donors (Lipinski definition) is 2. The first-order valence-electron chi connectivity index (χ1n) is 6.48. The van der Waals surface area contributed by atoms with Crippen LogP contribution in [0, 0.1) is 17.4 Å². The normalized spacial score (nSPS) is 12.4. The lowest BCUT2D eigenvalue weighted by Crippen LogP contribution is -2.29. The van der Waals surface area contributed by atoms with Gasteiger partial charge in [-0.2, -0.15) is 0 Å². The van der Waals surface area contributed by atoms with Crippen molar-refractivity contribution in [3.8, 4) is 0 Å². The second-order valence-corrected chi connectivity index (χ2v) is 6.58. The van der Waals surface area contributed by atoms with Crippen LogP contribution in [0.15, 0.2) is 36.4 Å². The minimum absolute atomic E-state index is 0.0617. The molecule has 0 saturated carbocycles. The minimum Gasteiger partial charge on any atom is -0.271 e. The monoisotopic (exact) mass is 400 g/mol. The first-order chi connectivity index (χ1) is 9.51. The van der Waals surface area contributed by atoms with Crippen molar-refractivity contribution in [2.75, 3.05) is 0 Å². The summed E-state index contributed by atoms with van der Waals surface area (Å²) in [6.07, 6.45) is 0.842. The van der Waals surface area contributed by atoms with E-state index < -0.39 is 0 Å². The van der Waals surface area contributed by atoms with Gasteiger partial charge in [-0.05, 0) is 77.2 Å². The molecule has 0 aliphatic heterocycles. The van der Waals surface area contributed by atoms with E-state index in [1.165, 1.54) is 16.7 Å². The smallest absolute Gasteiger partial charge is 0.0542 e. The van der Waals surface area contributed by atoms with E-state index in [2.05, 4.69) is 66.1 Å². The van der Waals surface area contributed by atoms with Gasteiger partial charge >= 0.3 is 0 Å². The van der Waals surface area contributed by atoms with E-state index in [0.717, 1.165) is 20.6 Å². The first-order valence-corrected chi connectivity index (χ1v) is 7.94. The molecule has 2 nitrogen and oxygen atoms in total. The Labute approximate surface area is 138 Å². The fourth-order valence-electron chi connectivity index (χ4n) is 2.17. The van der Waals surface area contributed by atoms with Gasteiger partial charge in [-0.15, -0.1) is 0 Å². The SMILES string of the molecule is Cc1ccc(CC(NN)c2ccc(I)c(Cl)c2)cc1C. The third-order valence-electron chi connectivity index (χ3n) is 3.56. The van der Waals surface area contributed by atoms with E-state index in [9.17, 15) is 0 Å². The zero-order chi connectivity index (χ0) is 14.7. The molecule has 0 fully saturated rings. The molecule has 0 spiro atoms. The van der Waals surface area contributed by atoms with Gasteiger partial charge < -0.3 is 0 Å². The fraction of sp³-hybridized carbons (Fsp3) is 0.250. The van der Waals surface area contributed by atoms with Gasteiger partial charge in [0, 0.05) is 3.57 Å². The van der Waals surface area contributed by atoms with Crippen molar-refractivity contribution >= 4 is 34.2 Å². The van der Waals surface area contributed by atoms with Crippen LogP contribution in [-0.2, 0) is 6.42 Å². The highest BCUT2D eigenvalue weighted by Crippen LogP contribution is 2.25. The van der Waals surface area contributed by atoms with Crippen molar-refractivity contribution in [2.24, 2.45) is 5.84 Å². The second-order valence-electron chi connectivity index (χ2n) is 5.02. The average molecular weight is 401 g/mol. The fourth-order valence-corrected chi connectivity index (χ4v) is 2.69. The molecule has 0 saturated heterocycles. The Kier molecular flexibility index (Phi) is 5.43. The van der Waals surface area contributed by atoms with Gasteiger partial charge in [-0.3, -0.25) is 11.3 Å². The highest BCUT2D eigenvalue weighted by molar-refractivity contribution is 14.1. The van der Waals surface area contributed by atoms with Gasteiger partial charge in [-0.25, -0.2) is 0 Å². The van der Waals surface area contributed by atoms with Gasteiger partial charge in [0.25, 0.3) is 0 Å². The molecule has 0 radical (unpaired) electrons. The lowest BCUT2D eigenvalue weighted by molar-refractivity contribution is 0.552. The Morgan fingerprint density at radius 1 is 1.15 bits per heavy atom. The van der Waals surface area contributed by atoms with E-state index in [4.69, 9.17) is 17.4 Å². The number of halogens is 2.